The van der Waals surface area contributed by atoms with Crippen LogP contribution in [0.3, 0.4) is 0 Å². The number of fused-ring (bicyclic) bond motifs is 1. The third-order valence-electron chi connectivity index (χ3n) is 2.88. The number of para-hydroxylation sites is 1. The Morgan fingerprint density at radius 2 is 2.00 bits per heavy atom. The summed E-state index contributed by atoms with van der Waals surface area (Å²) in [4.78, 5) is 7.74. The second-order valence-electron chi connectivity index (χ2n) is 4.07. The minimum absolute atomic E-state index is 0.618. The van der Waals surface area contributed by atoms with E-state index in [1.807, 2.05) is 24.3 Å². The van der Waals surface area contributed by atoms with Gasteiger partial charge in [0.05, 0.1) is 23.2 Å². The summed E-state index contributed by atoms with van der Waals surface area (Å²) in [5, 5.41) is 1.24. The maximum Gasteiger partial charge on any atom is 0.142 e. The van der Waals surface area contributed by atoms with E-state index >= 15 is 0 Å². The summed E-state index contributed by atoms with van der Waals surface area (Å²) in [5.41, 5.74) is 2.48. The zero-order chi connectivity index (χ0) is 13.4. The SMILES string of the molecule is COc1cc(Cl)ccc1-c1nc2c(Cl)cccc2[nH]1. The van der Waals surface area contributed by atoms with Crippen LogP contribution in [0.2, 0.25) is 10.0 Å². The molecule has 3 rings (SSSR count). The van der Waals surface area contributed by atoms with Crippen LogP contribution in [-0.2, 0) is 0 Å². The molecule has 5 heteroatoms. The van der Waals surface area contributed by atoms with Crippen LogP contribution in [0.25, 0.3) is 22.4 Å². The molecule has 0 saturated carbocycles. The van der Waals surface area contributed by atoms with Crippen LogP contribution in [0.15, 0.2) is 36.4 Å². The fourth-order valence-electron chi connectivity index (χ4n) is 1.99. The van der Waals surface area contributed by atoms with E-state index in [0.717, 1.165) is 16.6 Å². The Kier molecular flexibility index (Phi) is 3.09. The summed E-state index contributed by atoms with van der Waals surface area (Å²) in [6.07, 6.45) is 0. The van der Waals surface area contributed by atoms with Gasteiger partial charge in [-0.05, 0) is 30.3 Å². The molecule has 0 fully saturated rings. The number of nitrogens with zero attached hydrogens (tertiary/aromatic N) is 1. The van der Waals surface area contributed by atoms with Gasteiger partial charge >= 0.3 is 0 Å². The number of hydrogen-bond acceptors (Lipinski definition) is 2. The lowest BCUT2D eigenvalue weighted by molar-refractivity contribution is 0.416. The van der Waals surface area contributed by atoms with Gasteiger partial charge in [0.2, 0.25) is 0 Å². The van der Waals surface area contributed by atoms with E-state index in [2.05, 4.69) is 9.97 Å². The molecule has 0 saturated heterocycles. The van der Waals surface area contributed by atoms with Crippen molar-refractivity contribution in [2.24, 2.45) is 0 Å². The van der Waals surface area contributed by atoms with Crippen molar-refractivity contribution in [3.63, 3.8) is 0 Å². The predicted octanol–water partition coefficient (Wildman–Crippen LogP) is 4.55. The topological polar surface area (TPSA) is 37.9 Å². The minimum atomic E-state index is 0.618. The normalized spacial score (nSPS) is 10.9. The van der Waals surface area contributed by atoms with Crippen LogP contribution in [-0.4, -0.2) is 17.1 Å². The maximum absolute atomic E-state index is 6.12. The number of benzene rings is 2. The zero-order valence-electron chi connectivity index (χ0n) is 10.1. The Bertz CT molecular complexity index is 752. The van der Waals surface area contributed by atoms with E-state index in [0.29, 0.717) is 21.6 Å². The highest BCUT2D eigenvalue weighted by Gasteiger charge is 2.12. The van der Waals surface area contributed by atoms with Crippen LogP contribution < -0.4 is 4.74 Å². The van der Waals surface area contributed by atoms with Crippen molar-refractivity contribution < 1.29 is 4.74 Å². The van der Waals surface area contributed by atoms with Crippen LogP contribution >= 0.6 is 23.2 Å². The summed E-state index contributed by atoms with van der Waals surface area (Å²) in [5.74, 6) is 1.37. The number of H-pyrrole nitrogens is 1. The lowest BCUT2D eigenvalue weighted by Crippen LogP contribution is -1.89. The Labute approximate surface area is 120 Å². The average molecular weight is 293 g/mol. The Morgan fingerprint density at radius 3 is 2.74 bits per heavy atom. The Morgan fingerprint density at radius 1 is 1.16 bits per heavy atom. The molecule has 19 heavy (non-hydrogen) atoms. The predicted molar refractivity (Wildman–Crippen MR) is 78.1 cm³/mol. The molecule has 1 heterocycles. The monoisotopic (exact) mass is 292 g/mol. The van der Waals surface area contributed by atoms with E-state index in [1.165, 1.54) is 0 Å². The molecule has 0 aliphatic rings. The molecule has 1 aromatic heterocycles. The Hall–Kier alpha value is -1.71. The molecule has 0 aliphatic heterocycles. The number of nitrogens with one attached hydrogen (secondary N) is 1. The van der Waals surface area contributed by atoms with Gasteiger partial charge in [-0.1, -0.05) is 29.3 Å². The van der Waals surface area contributed by atoms with Gasteiger partial charge < -0.3 is 9.72 Å². The molecule has 1 N–H and O–H groups in total. The van der Waals surface area contributed by atoms with Crippen molar-refractivity contribution in [3.8, 4) is 17.1 Å². The van der Waals surface area contributed by atoms with E-state index in [4.69, 9.17) is 27.9 Å². The first-order chi connectivity index (χ1) is 9.19. The maximum atomic E-state index is 6.12. The smallest absolute Gasteiger partial charge is 0.142 e. The van der Waals surface area contributed by atoms with Crippen LogP contribution in [0.5, 0.6) is 5.75 Å². The van der Waals surface area contributed by atoms with Crippen molar-refractivity contribution >= 4 is 34.2 Å². The standard InChI is InChI=1S/C14H10Cl2N2O/c1-19-12-7-8(15)5-6-9(12)14-17-11-4-2-3-10(16)13(11)18-14/h2-7H,1H3,(H,17,18). The first kappa shape index (κ1) is 12.3. The van der Waals surface area contributed by atoms with Gasteiger partial charge in [-0.25, -0.2) is 4.98 Å². The lowest BCUT2D eigenvalue weighted by atomic mass is 10.2. The summed E-state index contributed by atoms with van der Waals surface area (Å²) >= 11 is 12.1. The average Bonchev–Trinajstić information content (AvgIpc) is 2.83. The third kappa shape index (κ3) is 2.15. The first-order valence-electron chi connectivity index (χ1n) is 5.67. The zero-order valence-corrected chi connectivity index (χ0v) is 11.6. The quantitative estimate of drug-likeness (QED) is 0.753. The summed E-state index contributed by atoms with van der Waals surface area (Å²) < 4.78 is 5.33. The number of methoxy groups -OCH3 is 1. The van der Waals surface area contributed by atoms with Gasteiger partial charge in [-0.3, -0.25) is 0 Å². The highest BCUT2D eigenvalue weighted by molar-refractivity contribution is 6.35. The van der Waals surface area contributed by atoms with Crippen molar-refractivity contribution in [1.29, 1.82) is 0 Å². The third-order valence-corrected chi connectivity index (χ3v) is 3.42. The second-order valence-corrected chi connectivity index (χ2v) is 4.91. The fraction of sp³-hybridized carbons (Fsp3) is 0.0714. The molecule has 0 radical (unpaired) electrons. The number of hydrogen-bond donors (Lipinski definition) is 1. The molecule has 3 nitrogen and oxygen atoms in total. The number of halogens is 2. The van der Waals surface area contributed by atoms with Gasteiger partial charge in [-0.2, -0.15) is 0 Å². The fourth-order valence-corrected chi connectivity index (χ4v) is 2.36. The van der Waals surface area contributed by atoms with Crippen molar-refractivity contribution in [3.05, 3.63) is 46.4 Å². The number of aromatic amines is 1. The van der Waals surface area contributed by atoms with E-state index < -0.39 is 0 Å². The number of ether oxygens (including phenoxy) is 1. The van der Waals surface area contributed by atoms with Crippen LogP contribution in [0, 0.1) is 0 Å². The minimum Gasteiger partial charge on any atom is -0.496 e. The van der Waals surface area contributed by atoms with Gasteiger partial charge in [0.1, 0.15) is 17.1 Å². The molecule has 0 amide bonds. The molecule has 2 aromatic carbocycles. The molecule has 0 spiro atoms. The molecule has 96 valence electrons. The van der Waals surface area contributed by atoms with E-state index in [9.17, 15) is 0 Å². The highest BCUT2D eigenvalue weighted by Crippen LogP contribution is 2.33. The molecule has 3 aromatic rings. The highest BCUT2D eigenvalue weighted by atomic mass is 35.5. The molecule has 0 bridgehead atoms. The van der Waals surface area contributed by atoms with E-state index in [1.54, 1.807) is 19.2 Å². The molecule has 0 atom stereocenters. The van der Waals surface area contributed by atoms with Gasteiger partial charge in [0.25, 0.3) is 0 Å². The Balaban J connectivity index is 2.22. The van der Waals surface area contributed by atoms with Crippen LogP contribution in [0.1, 0.15) is 0 Å². The number of rotatable bonds is 2. The van der Waals surface area contributed by atoms with Gasteiger partial charge in [0, 0.05) is 5.02 Å². The summed E-state index contributed by atoms with van der Waals surface area (Å²) in [7, 11) is 1.60. The lowest BCUT2D eigenvalue weighted by Gasteiger charge is -2.06. The van der Waals surface area contributed by atoms with E-state index in [-0.39, 0.29) is 0 Å². The summed E-state index contributed by atoms with van der Waals surface area (Å²) in [6.45, 7) is 0. The largest absolute Gasteiger partial charge is 0.496 e. The molecule has 0 aliphatic carbocycles. The van der Waals surface area contributed by atoms with Crippen molar-refractivity contribution in [2.75, 3.05) is 7.11 Å². The van der Waals surface area contributed by atoms with Gasteiger partial charge in [0.15, 0.2) is 0 Å². The van der Waals surface area contributed by atoms with Gasteiger partial charge in [-0.15, -0.1) is 0 Å². The number of imidazole rings is 1. The van der Waals surface area contributed by atoms with Crippen molar-refractivity contribution in [2.45, 2.75) is 0 Å². The second kappa shape index (κ2) is 4.76. The van der Waals surface area contributed by atoms with Crippen LogP contribution in [0.4, 0.5) is 0 Å². The molecular weight excluding hydrogens is 283 g/mol. The summed E-state index contributed by atoms with van der Waals surface area (Å²) in [6, 6.07) is 11.0. The van der Waals surface area contributed by atoms with Crippen molar-refractivity contribution in [1.82, 2.24) is 9.97 Å². The molecule has 0 unspecified atom stereocenters. The molecular formula is C14H10Cl2N2O. The number of aromatic nitrogens is 2. The first-order valence-corrected chi connectivity index (χ1v) is 6.43.